The van der Waals surface area contributed by atoms with Crippen molar-refractivity contribution >= 4 is 5.97 Å². The zero-order chi connectivity index (χ0) is 8.10. The third-order valence-electron chi connectivity index (χ3n) is 1.64. The maximum atomic E-state index is 11.0. The zero-order valence-corrected chi connectivity index (χ0v) is 6.41. The summed E-state index contributed by atoms with van der Waals surface area (Å²) in [7, 11) is 0. The van der Waals surface area contributed by atoms with Gasteiger partial charge in [0.2, 0.25) is 0 Å². The fourth-order valence-corrected chi connectivity index (χ4v) is 1.08. The second-order valence-corrected chi connectivity index (χ2v) is 2.46. The molecule has 1 rings (SSSR count). The second kappa shape index (κ2) is 4.13. The summed E-state index contributed by atoms with van der Waals surface area (Å²) in [6, 6.07) is 0. The number of ether oxygens (including phenoxy) is 2. The van der Waals surface area contributed by atoms with Crippen LogP contribution in [0.15, 0.2) is 12.8 Å². The van der Waals surface area contributed by atoms with Gasteiger partial charge in [0.1, 0.15) is 0 Å². The van der Waals surface area contributed by atoms with Gasteiger partial charge in [0.25, 0.3) is 0 Å². The normalized spacial score (nSPS) is 24.2. The van der Waals surface area contributed by atoms with Gasteiger partial charge in [-0.1, -0.05) is 6.58 Å². The van der Waals surface area contributed by atoms with Gasteiger partial charge in [0.15, 0.2) is 6.10 Å². The first kappa shape index (κ1) is 8.27. The van der Waals surface area contributed by atoms with Crippen molar-refractivity contribution in [3.63, 3.8) is 0 Å². The van der Waals surface area contributed by atoms with E-state index in [1.165, 1.54) is 0 Å². The molecule has 1 saturated heterocycles. The van der Waals surface area contributed by atoms with Crippen LogP contribution in [-0.4, -0.2) is 18.7 Å². The third-order valence-corrected chi connectivity index (χ3v) is 1.64. The number of hydrogen-bond acceptors (Lipinski definition) is 3. The molecule has 0 aromatic heterocycles. The molecule has 0 amide bonds. The Kier molecular flexibility index (Phi) is 3.11. The van der Waals surface area contributed by atoms with Gasteiger partial charge in [-0.05, 0) is 19.3 Å². The predicted molar refractivity (Wildman–Crippen MR) is 39.9 cm³/mol. The Morgan fingerprint density at radius 3 is 3.00 bits per heavy atom. The molecule has 0 radical (unpaired) electrons. The van der Waals surface area contributed by atoms with E-state index in [-0.39, 0.29) is 12.1 Å². The first-order chi connectivity index (χ1) is 5.34. The summed E-state index contributed by atoms with van der Waals surface area (Å²) in [5.41, 5.74) is 0. The molecule has 0 aromatic carbocycles. The molecular formula is C8H12O3. The summed E-state index contributed by atoms with van der Waals surface area (Å²) >= 11 is 0. The molecule has 3 nitrogen and oxygen atoms in total. The molecule has 0 bridgehead atoms. The molecule has 1 fully saturated rings. The van der Waals surface area contributed by atoms with E-state index in [9.17, 15) is 4.79 Å². The van der Waals surface area contributed by atoms with Gasteiger partial charge in [0, 0.05) is 6.61 Å². The van der Waals surface area contributed by atoms with E-state index < -0.39 is 0 Å². The van der Waals surface area contributed by atoms with Crippen LogP contribution < -0.4 is 0 Å². The SMILES string of the molecule is C=COC(=O)C1CCCCO1. The highest BCUT2D eigenvalue weighted by Crippen LogP contribution is 2.13. The summed E-state index contributed by atoms with van der Waals surface area (Å²) in [6.07, 6.45) is 3.63. The van der Waals surface area contributed by atoms with E-state index in [2.05, 4.69) is 11.3 Å². The summed E-state index contributed by atoms with van der Waals surface area (Å²) in [5, 5.41) is 0. The first-order valence-electron chi connectivity index (χ1n) is 3.77. The third kappa shape index (κ3) is 2.35. The fraction of sp³-hybridized carbons (Fsp3) is 0.625. The van der Waals surface area contributed by atoms with Crippen molar-refractivity contribution in [1.82, 2.24) is 0 Å². The van der Waals surface area contributed by atoms with Crippen molar-refractivity contribution in [3.05, 3.63) is 12.8 Å². The molecular weight excluding hydrogens is 144 g/mol. The summed E-state index contributed by atoms with van der Waals surface area (Å²) < 4.78 is 9.75. The van der Waals surface area contributed by atoms with Crippen LogP contribution in [0.1, 0.15) is 19.3 Å². The Balaban J connectivity index is 2.32. The predicted octanol–water partition coefficient (Wildman–Crippen LogP) is 1.24. The minimum Gasteiger partial charge on any atom is -0.433 e. The Labute approximate surface area is 66.0 Å². The van der Waals surface area contributed by atoms with Gasteiger partial charge in [0.05, 0.1) is 6.26 Å². The second-order valence-electron chi connectivity index (χ2n) is 2.46. The van der Waals surface area contributed by atoms with Crippen molar-refractivity contribution in [2.24, 2.45) is 0 Å². The van der Waals surface area contributed by atoms with Crippen LogP contribution in [-0.2, 0) is 14.3 Å². The number of carbonyl (C=O) groups is 1. The maximum absolute atomic E-state index is 11.0. The molecule has 1 aliphatic rings. The molecule has 0 saturated carbocycles. The average molecular weight is 156 g/mol. The number of carbonyl (C=O) groups excluding carboxylic acids is 1. The van der Waals surface area contributed by atoms with E-state index in [0.29, 0.717) is 6.61 Å². The molecule has 11 heavy (non-hydrogen) atoms. The zero-order valence-electron chi connectivity index (χ0n) is 6.41. The maximum Gasteiger partial charge on any atom is 0.340 e. The molecule has 3 heteroatoms. The van der Waals surface area contributed by atoms with E-state index in [1.807, 2.05) is 0 Å². The van der Waals surface area contributed by atoms with Gasteiger partial charge in [-0.25, -0.2) is 4.79 Å². The molecule has 1 atom stereocenters. The van der Waals surface area contributed by atoms with Gasteiger partial charge < -0.3 is 9.47 Å². The fourth-order valence-electron chi connectivity index (χ4n) is 1.08. The molecule has 0 N–H and O–H groups in total. The van der Waals surface area contributed by atoms with Gasteiger partial charge in [-0.2, -0.15) is 0 Å². The molecule has 0 spiro atoms. The molecule has 1 heterocycles. The van der Waals surface area contributed by atoms with Crippen LogP contribution >= 0.6 is 0 Å². The standard InChI is InChI=1S/C8H12O3/c1-2-10-8(9)7-5-3-4-6-11-7/h2,7H,1,3-6H2. The van der Waals surface area contributed by atoms with Crippen LogP contribution in [0.3, 0.4) is 0 Å². The van der Waals surface area contributed by atoms with E-state index in [0.717, 1.165) is 25.5 Å². The lowest BCUT2D eigenvalue weighted by atomic mass is 10.1. The summed E-state index contributed by atoms with van der Waals surface area (Å²) in [5.74, 6) is -0.320. The van der Waals surface area contributed by atoms with Crippen molar-refractivity contribution in [2.75, 3.05) is 6.61 Å². The quantitative estimate of drug-likeness (QED) is 0.445. The monoisotopic (exact) mass is 156 g/mol. The lowest BCUT2D eigenvalue weighted by Crippen LogP contribution is -2.28. The molecule has 1 aliphatic heterocycles. The number of hydrogen-bond donors (Lipinski definition) is 0. The van der Waals surface area contributed by atoms with Crippen LogP contribution in [0.4, 0.5) is 0 Å². The summed E-state index contributed by atoms with van der Waals surface area (Å²) in [6.45, 7) is 3.96. The number of rotatable bonds is 2. The Morgan fingerprint density at radius 1 is 1.64 bits per heavy atom. The lowest BCUT2D eigenvalue weighted by molar-refractivity contribution is -0.154. The van der Waals surface area contributed by atoms with Crippen molar-refractivity contribution < 1.29 is 14.3 Å². The van der Waals surface area contributed by atoms with Crippen LogP contribution in [0, 0.1) is 0 Å². The Morgan fingerprint density at radius 2 is 2.45 bits per heavy atom. The number of esters is 1. The molecule has 62 valence electrons. The van der Waals surface area contributed by atoms with Crippen LogP contribution in [0.25, 0.3) is 0 Å². The van der Waals surface area contributed by atoms with E-state index >= 15 is 0 Å². The van der Waals surface area contributed by atoms with Crippen LogP contribution in [0.2, 0.25) is 0 Å². The molecule has 0 aromatic rings. The summed E-state index contributed by atoms with van der Waals surface area (Å²) in [4.78, 5) is 11.0. The lowest BCUT2D eigenvalue weighted by Gasteiger charge is -2.19. The van der Waals surface area contributed by atoms with Gasteiger partial charge in [-0.15, -0.1) is 0 Å². The smallest absolute Gasteiger partial charge is 0.340 e. The van der Waals surface area contributed by atoms with E-state index in [1.54, 1.807) is 0 Å². The van der Waals surface area contributed by atoms with Crippen molar-refractivity contribution in [1.29, 1.82) is 0 Å². The average Bonchev–Trinajstić information content (AvgIpc) is 2.07. The minimum atomic E-state index is -0.359. The van der Waals surface area contributed by atoms with Crippen molar-refractivity contribution in [3.8, 4) is 0 Å². The Hall–Kier alpha value is -0.830. The van der Waals surface area contributed by atoms with Crippen LogP contribution in [0.5, 0.6) is 0 Å². The topological polar surface area (TPSA) is 35.5 Å². The first-order valence-corrected chi connectivity index (χ1v) is 3.77. The highest BCUT2D eigenvalue weighted by atomic mass is 16.6. The highest BCUT2D eigenvalue weighted by molar-refractivity contribution is 5.75. The highest BCUT2D eigenvalue weighted by Gasteiger charge is 2.22. The molecule has 0 aliphatic carbocycles. The van der Waals surface area contributed by atoms with Gasteiger partial charge in [-0.3, -0.25) is 0 Å². The largest absolute Gasteiger partial charge is 0.433 e. The van der Waals surface area contributed by atoms with E-state index in [4.69, 9.17) is 4.74 Å². The van der Waals surface area contributed by atoms with Gasteiger partial charge >= 0.3 is 5.97 Å². The Bertz CT molecular complexity index is 147. The van der Waals surface area contributed by atoms with Crippen molar-refractivity contribution in [2.45, 2.75) is 25.4 Å². The minimum absolute atomic E-state index is 0.320. The molecule has 1 unspecified atom stereocenters.